The molecule has 27 heavy (non-hydrogen) atoms. The molecule has 0 aromatic heterocycles. The maximum Gasteiger partial charge on any atom is 0.270 e. The van der Waals surface area contributed by atoms with E-state index in [-0.39, 0.29) is 5.91 Å². The van der Waals surface area contributed by atoms with Crippen LogP contribution in [0.3, 0.4) is 0 Å². The first-order valence-corrected chi connectivity index (χ1v) is 10.5. The standard InChI is InChI=1S/C20H18BrNO3S2/c1-3-24-16-11-13(10-15(21)18(16)25-4-2)12-17-19(23)22(20(26)27-17)14-8-6-5-7-9-14/h5-12H,3-4H2,1-2H3/b17-12+. The Morgan fingerprint density at radius 3 is 2.52 bits per heavy atom. The minimum Gasteiger partial charge on any atom is -0.490 e. The van der Waals surface area contributed by atoms with Gasteiger partial charge in [-0.15, -0.1) is 0 Å². The minimum absolute atomic E-state index is 0.126. The predicted molar refractivity (Wildman–Crippen MR) is 119 cm³/mol. The third-order valence-corrected chi connectivity index (χ3v) is 5.62. The zero-order chi connectivity index (χ0) is 19.4. The molecule has 140 valence electrons. The van der Waals surface area contributed by atoms with Gasteiger partial charge in [-0.2, -0.15) is 0 Å². The predicted octanol–water partition coefficient (Wildman–Crippen LogP) is 5.65. The van der Waals surface area contributed by atoms with Gasteiger partial charge in [-0.3, -0.25) is 9.69 Å². The van der Waals surface area contributed by atoms with E-state index in [1.807, 2.05) is 62.4 Å². The number of carbonyl (C=O) groups is 1. The monoisotopic (exact) mass is 463 g/mol. The summed E-state index contributed by atoms with van der Waals surface area (Å²) < 4.78 is 12.7. The highest BCUT2D eigenvalue weighted by Gasteiger charge is 2.33. The molecule has 1 amide bonds. The zero-order valence-corrected chi connectivity index (χ0v) is 18.1. The molecule has 1 heterocycles. The number of hydrogen-bond donors (Lipinski definition) is 0. The number of rotatable bonds is 6. The van der Waals surface area contributed by atoms with Crippen LogP contribution in [0.1, 0.15) is 19.4 Å². The van der Waals surface area contributed by atoms with E-state index >= 15 is 0 Å². The fraction of sp³-hybridized carbons (Fsp3) is 0.200. The summed E-state index contributed by atoms with van der Waals surface area (Å²) in [6, 6.07) is 13.2. The topological polar surface area (TPSA) is 38.8 Å². The van der Waals surface area contributed by atoms with Gasteiger partial charge in [-0.25, -0.2) is 0 Å². The third kappa shape index (κ3) is 4.36. The summed E-state index contributed by atoms with van der Waals surface area (Å²) in [5, 5.41) is 0. The van der Waals surface area contributed by atoms with Crippen LogP contribution in [0.5, 0.6) is 11.5 Å². The van der Waals surface area contributed by atoms with Gasteiger partial charge in [-0.05, 0) is 65.7 Å². The lowest BCUT2D eigenvalue weighted by atomic mass is 10.1. The van der Waals surface area contributed by atoms with E-state index in [1.54, 1.807) is 4.90 Å². The smallest absolute Gasteiger partial charge is 0.270 e. The number of thiocarbonyl (C=S) groups is 1. The van der Waals surface area contributed by atoms with Gasteiger partial charge in [0.15, 0.2) is 15.8 Å². The molecule has 0 bridgehead atoms. The molecule has 2 aromatic rings. The van der Waals surface area contributed by atoms with Gasteiger partial charge in [0.05, 0.1) is 28.3 Å². The number of nitrogens with zero attached hydrogens (tertiary/aromatic N) is 1. The average molecular weight is 464 g/mol. The number of amides is 1. The lowest BCUT2D eigenvalue weighted by molar-refractivity contribution is -0.113. The number of carbonyl (C=O) groups excluding carboxylic acids is 1. The van der Waals surface area contributed by atoms with E-state index < -0.39 is 0 Å². The number of anilines is 1. The van der Waals surface area contributed by atoms with E-state index in [4.69, 9.17) is 21.7 Å². The molecular weight excluding hydrogens is 446 g/mol. The van der Waals surface area contributed by atoms with Crippen molar-refractivity contribution in [3.8, 4) is 11.5 Å². The molecule has 0 spiro atoms. The quantitative estimate of drug-likeness (QED) is 0.408. The summed E-state index contributed by atoms with van der Waals surface area (Å²) in [5.74, 6) is 1.17. The number of ether oxygens (including phenoxy) is 2. The summed E-state index contributed by atoms with van der Waals surface area (Å²) in [5.41, 5.74) is 1.61. The van der Waals surface area contributed by atoms with Gasteiger partial charge in [0.1, 0.15) is 0 Å². The van der Waals surface area contributed by atoms with Crippen LogP contribution >= 0.6 is 39.9 Å². The van der Waals surface area contributed by atoms with Crippen molar-refractivity contribution >= 4 is 61.9 Å². The van der Waals surface area contributed by atoms with Crippen molar-refractivity contribution in [2.75, 3.05) is 18.1 Å². The molecule has 1 fully saturated rings. The number of thioether (sulfide) groups is 1. The van der Waals surface area contributed by atoms with Crippen LogP contribution in [0.2, 0.25) is 0 Å². The molecule has 1 saturated heterocycles. The number of halogens is 1. The van der Waals surface area contributed by atoms with E-state index in [1.165, 1.54) is 11.8 Å². The van der Waals surface area contributed by atoms with Crippen molar-refractivity contribution in [3.05, 3.63) is 57.4 Å². The second kappa shape index (κ2) is 8.91. The molecule has 4 nitrogen and oxygen atoms in total. The van der Waals surface area contributed by atoms with Crippen molar-refractivity contribution in [1.82, 2.24) is 0 Å². The number of hydrogen-bond acceptors (Lipinski definition) is 5. The third-order valence-electron chi connectivity index (χ3n) is 3.73. The second-order valence-corrected chi connectivity index (χ2v) is 8.08. The minimum atomic E-state index is -0.126. The zero-order valence-electron chi connectivity index (χ0n) is 14.9. The van der Waals surface area contributed by atoms with E-state index in [0.29, 0.717) is 33.9 Å². The summed E-state index contributed by atoms with van der Waals surface area (Å²) in [6.45, 7) is 4.89. The Balaban J connectivity index is 1.95. The molecular formula is C20H18BrNO3S2. The largest absolute Gasteiger partial charge is 0.490 e. The Morgan fingerprint density at radius 2 is 1.85 bits per heavy atom. The molecule has 0 radical (unpaired) electrons. The second-order valence-electron chi connectivity index (χ2n) is 5.55. The molecule has 7 heteroatoms. The van der Waals surface area contributed by atoms with Gasteiger partial charge in [-0.1, -0.05) is 42.2 Å². The van der Waals surface area contributed by atoms with Crippen molar-refractivity contribution in [2.45, 2.75) is 13.8 Å². The van der Waals surface area contributed by atoms with Crippen LogP contribution in [0.4, 0.5) is 5.69 Å². The molecule has 0 unspecified atom stereocenters. The molecule has 2 aromatic carbocycles. The normalized spacial score (nSPS) is 15.5. The highest BCUT2D eigenvalue weighted by Crippen LogP contribution is 2.40. The Kier molecular flexibility index (Phi) is 6.57. The highest BCUT2D eigenvalue weighted by atomic mass is 79.9. The molecule has 0 aliphatic carbocycles. The lowest BCUT2D eigenvalue weighted by Gasteiger charge is -2.14. The highest BCUT2D eigenvalue weighted by molar-refractivity contribution is 9.10. The van der Waals surface area contributed by atoms with Gasteiger partial charge >= 0.3 is 0 Å². The van der Waals surface area contributed by atoms with Crippen molar-refractivity contribution in [3.63, 3.8) is 0 Å². The van der Waals surface area contributed by atoms with Crippen LogP contribution in [0.25, 0.3) is 6.08 Å². The Morgan fingerprint density at radius 1 is 1.15 bits per heavy atom. The van der Waals surface area contributed by atoms with Crippen LogP contribution in [-0.2, 0) is 4.79 Å². The van der Waals surface area contributed by atoms with Crippen LogP contribution in [-0.4, -0.2) is 23.4 Å². The number of para-hydroxylation sites is 1. The van der Waals surface area contributed by atoms with Crippen molar-refractivity contribution in [1.29, 1.82) is 0 Å². The van der Waals surface area contributed by atoms with Gasteiger partial charge in [0.25, 0.3) is 5.91 Å². The average Bonchev–Trinajstić information content (AvgIpc) is 2.92. The maximum atomic E-state index is 12.9. The Labute approximate surface area is 176 Å². The summed E-state index contributed by atoms with van der Waals surface area (Å²) in [4.78, 5) is 15.0. The summed E-state index contributed by atoms with van der Waals surface area (Å²) in [7, 11) is 0. The Bertz CT molecular complexity index is 900. The summed E-state index contributed by atoms with van der Waals surface area (Å²) in [6.07, 6.45) is 1.82. The van der Waals surface area contributed by atoms with Crippen molar-refractivity contribution in [2.24, 2.45) is 0 Å². The van der Waals surface area contributed by atoms with E-state index in [0.717, 1.165) is 15.7 Å². The van der Waals surface area contributed by atoms with Crippen molar-refractivity contribution < 1.29 is 14.3 Å². The fourth-order valence-corrected chi connectivity index (χ4v) is 4.51. The summed E-state index contributed by atoms with van der Waals surface area (Å²) >= 11 is 10.2. The number of benzene rings is 2. The molecule has 0 atom stereocenters. The molecule has 1 aliphatic heterocycles. The maximum absolute atomic E-state index is 12.9. The van der Waals surface area contributed by atoms with Gasteiger partial charge in [0, 0.05) is 0 Å². The molecule has 1 aliphatic rings. The fourth-order valence-electron chi connectivity index (χ4n) is 2.64. The van der Waals surface area contributed by atoms with E-state index in [9.17, 15) is 4.79 Å². The first-order chi connectivity index (χ1) is 13.0. The van der Waals surface area contributed by atoms with Crippen LogP contribution in [0.15, 0.2) is 51.8 Å². The van der Waals surface area contributed by atoms with Crippen LogP contribution < -0.4 is 14.4 Å². The first-order valence-electron chi connectivity index (χ1n) is 8.47. The molecule has 0 N–H and O–H groups in total. The van der Waals surface area contributed by atoms with E-state index in [2.05, 4.69) is 15.9 Å². The van der Waals surface area contributed by atoms with Crippen LogP contribution in [0, 0.1) is 0 Å². The molecule has 3 rings (SSSR count). The first kappa shape index (κ1) is 19.9. The lowest BCUT2D eigenvalue weighted by Crippen LogP contribution is -2.27. The van der Waals surface area contributed by atoms with Gasteiger partial charge < -0.3 is 9.47 Å². The molecule has 0 saturated carbocycles. The van der Waals surface area contributed by atoms with Gasteiger partial charge in [0.2, 0.25) is 0 Å². The Hall–Kier alpha value is -1.83. The SMILES string of the molecule is CCOc1cc(/C=C2/SC(=S)N(c3ccccc3)C2=O)cc(Br)c1OCC.